The van der Waals surface area contributed by atoms with Crippen LogP contribution in [0, 0.1) is 11.6 Å². The maximum absolute atomic E-state index is 15.5. The number of amides is 1. The van der Waals surface area contributed by atoms with E-state index in [0.29, 0.717) is 25.1 Å². The average Bonchev–Trinajstić information content (AvgIpc) is 2.79. The molecule has 37 heavy (non-hydrogen) atoms. The number of anilines is 1. The molecular weight excluding hydrogens is 483 g/mol. The summed E-state index contributed by atoms with van der Waals surface area (Å²) >= 11 is 0. The van der Waals surface area contributed by atoms with Crippen molar-refractivity contribution < 1.29 is 27.9 Å². The molecule has 9 heteroatoms. The summed E-state index contributed by atoms with van der Waals surface area (Å²) < 4.78 is 45.9. The molecule has 4 rings (SSSR count). The van der Waals surface area contributed by atoms with Gasteiger partial charge in [-0.3, -0.25) is 9.69 Å². The van der Waals surface area contributed by atoms with Crippen LogP contribution in [0.1, 0.15) is 49.1 Å². The van der Waals surface area contributed by atoms with Crippen molar-refractivity contribution in [2.75, 3.05) is 38.1 Å². The molecule has 0 spiro atoms. The SMILES string of the molecule is CC1Cc2cc(N3CCN(C)C(=O)C3)ccc2C(c2c(F)cc(/C=C/C(=O)O)cc2F)N1CC(C)(C)F. The van der Waals surface area contributed by atoms with Gasteiger partial charge in [0.05, 0.1) is 12.6 Å². The Hall–Kier alpha value is -3.33. The van der Waals surface area contributed by atoms with E-state index in [0.717, 1.165) is 35.5 Å². The second kappa shape index (κ2) is 10.2. The largest absolute Gasteiger partial charge is 0.478 e. The van der Waals surface area contributed by atoms with E-state index in [-0.39, 0.29) is 36.2 Å². The molecule has 0 aromatic heterocycles. The monoisotopic (exact) mass is 515 g/mol. The van der Waals surface area contributed by atoms with Crippen LogP contribution in [0.4, 0.5) is 18.9 Å². The van der Waals surface area contributed by atoms with E-state index in [1.165, 1.54) is 13.8 Å². The molecular formula is C28H32F3N3O3. The predicted molar refractivity (Wildman–Crippen MR) is 136 cm³/mol. The van der Waals surface area contributed by atoms with Crippen LogP contribution in [0.25, 0.3) is 6.08 Å². The number of aliphatic carboxylic acids is 1. The fourth-order valence-electron chi connectivity index (χ4n) is 5.21. The number of fused-ring (bicyclic) bond motifs is 1. The fraction of sp³-hybridized carbons (Fsp3) is 0.429. The van der Waals surface area contributed by atoms with Gasteiger partial charge < -0.3 is 14.9 Å². The highest BCUT2D eigenvalue weighted by Crippen LogP contribution is 2.42. The van der Waals surface area contributed by atoms with E-state index in [1.54, 1.807) is 16.8 Å². The summed E-state index contributed by atoms with van der Waals surface area (Å²) in [5.74, 6) is -2.86. The molecule has 2 unspecified atom stereocenters. The fourth-order valence-corrected chi connectivity index (χ4v) is 5.21. The van der Waals surface area contributed by atoms with Crippen LogP contribution in [0.3, 0.4) is 0 Å². The molecule has 1 N–H and O–H groups in total. The van der Waals surface area contributed by atoms with Gasteiger partial charge in [0.25, 0.3) is 0 Å². The van der Waals surface area contributed by atoms with E-state index in [4.69, 9.17) is 5.11 Å². The molecule has 2 aliphatic rings. The Morgan fingerprint density at radius 3 is 2.43 bits per heavy atom. The molecule has 0 aliphatic carbocycles. The van der Waals surface area contributed by atoms with Crippen LogP contribution in [-0.4, -0.2) is 71.7 Å². The number of benzene rings is 2. The highest BCUT2D eigenvalue weighted by atomic mass is 19.1. The summed E-state index contributed by atoms with van der Waals surface area (Å²) in [4.78, 5) is 28.5. The summed E-state index contributed by atoms with van der Waals surface area (Å²) in [6.45, 7) is 6.29. The zero-order chi connectivity index (χ0) is 27.1. The summed E-state index contributed by atoms with van der Waals surface area (Å²) in [7, 11) is 1.77. The van der Waals surface area contributed by atoms with Crippen LogP contribution in [0.2, 0.25) is 0 Å². The van der Waals surface area contributed by atoms with E-state index in [1.807, 2.05) is 30.0 Å². The number of nitrogens with zero attached hydrogens (tertiary/aromatic N) is 3. The molecule has 2 heterocycles. The van der Waals surface area contributed by atoms with Gasteiger partial charge >= 0.3 is 5.97 Å². The number of halogens is 3. The number of carboxylic acid groups (broad SMARTS) is 1. The number of piperazine rings is 1. The molecule has 198 valence electrons. The lowest BCUT2D eigenvalue weighted by atomic mass is 9.83. The summed E-state index contributed by atoms with van der Waals surface area (Å²) in [6.07, 6.45) is 2.50. The molecule has 2 aromatic rings. The first kappa shape index (κ1) is 26.7. The Balaban J connectivity index is 1.80. The summed E-state index contributed by atoms with van der Waals surface area (Å²) in [5.41, 5.74) is 0.702. The van der Waals surface area contributed by atoms with Crippen molar-refractivity contribution in [1.82, 2.24) is 9.80 Å². The minimum absolute atomic E-state index is 0.0211. The van der Waals surface area contributed by atoms with Gasteiger partial charge in [-0.15, -0.1) is 0 Å². The van der Waals surface area contributed by atoms with Gasteiger partial charge in [0.15, 0.2) is 0 Å². The zero-order valence-corrected chi connectivity index (χ0v) is 21.5. The summed E-state index contributed by atoms with van der Waals surface area (Å²) in [5, 5.41) is 8.86. The van der Waals surface area contributed by atoms with Crippen molar-refractivity contribution in [2.24, 2.45) is 0 Å². The quantitative estimate of drug-likeness (QED) is 0.577. The first-order valence-electron chi connectivity index (χ1n) is 12.3. The summed E-state index contributed by atoms with van der Waals surface area (Å²) in [6, 6.07) is 6.73. The molecule has 6 nitrogen and oxygen atoms in total. The number of carboxylic acids is 1. The smallest absolute Gasteiger partial charge is 0.328 e. The van der Waals surface area contributed by atoms with Gasteiger partial charge in [-0.05, 0) is 74.2 Å². The van der Waals surface area contributed by atoms with Crippen molar-refractivity contribution in [2.45, 2.75) is 44.9 Å². The van der Waals surface area contributed by atoms with Crippen molar-refractivity contribution in [1.29, 1.82) is 0 Å². The molecule has 0 radical (unpaired) electrons. The molecule has 2 aliphatic heterocycles. The zero-order valence-electron chi connectivity index (χ0n) is 21.5. The molecule has 0 bridgehead atoms. The lowest BCUT2D eigenvalue weighted by Gasteiger charge is -2.44. The van der Waals surface area contributed by atoms with Gasteiger partial charge in [-0.1, -0.05) is 6.07 Å². The lowest BCUT2D eigenvalue weighted by molar-refractivity contribution is -0.131. The van der Waals surface area contributed by atoms with E-state index < -0.39 is 29.3 Å². The minimum atomic E-state index is -1.61. The number of hydrogen-bond donors (Lipinski definition) is 1. The minimum Gasteiger partial charge on any atom is -0.478 e. The molecule has 2 aromatic carbocycles. The van der Waals surface area contributed by atoms with Crippen molar-refractivity contribution in [3.05, 3.63) is 70.3 Å². The lowest BCUT2D eigenvalue weighted by Crippen LogP contribution is -2.49. The van der Waals surface area contributed by atoms with Crippen molar-refractivity contribution in [3.63, 3.8) is 0 Å². The number of carbonyl (C=O) groups excluding carboxylic acids is 1. The molecule has 1 fully saturated rings. The molecule has 1 saturated heterocycles. The third kappa shape index (κ3) is 5.82. The maximum Gasteiger partial charge on any atom is 0.328 e. The number of alkyl halides is 1. The Labute approximate surface area is 215 Å². The molecule has 0 saturated carbocycles. The second-order valence-corrected chi connectivity index (χ2v) is 10.5. The Morgan fingerprint density at radius 1 is 1.16 bits per heavy atom. The second-order valence-electron chi connectivity index (χ2n) is 10.5. The van der Waals surface area contributed by atoms with Crippen LogP contribution >= 0.6 is 0 Å². The van der Waals surface area contributed by atoms with Gasteiger partial charge in [-0.25, -0.2) is 18.0 Å². The van der Waals surface area contributed by atoms with E-state index in [2.05, 4.69) is 0 Å². The highest BCUT2D eigenvalue weighted by Gasteiger charge is 2.39. The average molecular weight is 516 g/mol. The van der Waals surface area contributed by atoms with Crippen LogP contribution in [0.5, 0.6) is 0 Å². The van der Waals surface area contributed by atoms with Gasteiger partial charge in [-0.2, -0.15) is 0 Å². The number of likely N-dealkylation sites (N-methyl/N-ethyl adjacent to an activating group) is 1. The number of rotatable bonds is 6. The predicted octanol–water partition coefficient (Wildman–Crippen LogP) is 4.43. The Kier molecular flexibility index (Phi) is 7.37. The maximum atomic E-state index is 15.5. The topological polar surface area (TPSA) is 64.1 Å². The molecule has 2 atom stereocenters. The van der Waals surface area contributed by atoms with Gasteiger partial charge in [0.1, 0.15) is 17.3 Å². The number of hydrogen-bond acceptors (Lipinski definition) is 4. The highest BCUT2D eigenvalue weighted by molar-refractivity contribution is 5.85. The van der Waals surface area contributed by atoms with E-state index >= 15 is 8.78 Å². The van der Waals surface area contributed by atoms with Gasteiger partial charge in [0.2, 0.25) is 5.91 Å². The third-order valence-electron chi connectivity index (χ3n) is 7.01. The van der Waals surface area contributed by atoms with Crippen molar-refractivity contribution in [3.8, 4) is 0 Å². The standard InChI is InChI=1S/C28H32F3N3O3/c1-17-11-19-14-20(33-10-9-32(4)24(35)15-33)6-7-21(19)27(34(17)16-28(2,3)31)26-22(29)12-18(13-23(26)30)5-8-25(36)37/h5-8,12-14,17,27H,9-11,15-16H2,1-4H3,(H,36,37)/b8-5+. The Morgan fingerprint density at radius 2 is 1.84 bits per heavy atom. The van der Waals surface area contributed by atoms with Crippen LogP contribution < -0.4 is 4.90 Å². The van der Waals surface area contributed by atoms with E-state index in [9.17, 15) is 14.0 Å². The van der Waals surface area contributed by atoms with Gasteiger partial charge in [0, 0.05) is 50.1 Å². The normalized spacial score (nSPS) is 21.0. The van der Waals surface area contributed by atoms with Crippen LogP contribution in [0.15, 0.2) is 36.4 Å². The first-order valence-corrected chi connectivity index (χ1v) is 12.3. The van der Waals surface area contributed by atoms with Crippen molar-refractivity contribution >= 4 is 23.6 Å². The van der Waals surface area contributed by atoms with Crippen LogP contribution in [-0.2, 0) is 16.0 Å². The number of carbonyl (C=O) groups is 2. The molecule has 1 amide bonds. The third-order valence-corrected chi connectivity index (χ3v) is 7.01. The Bertz CT molecular complexity index is 1220. The first-order chi connectivity index (χ1) is 17.3.